The Morgan fingerprint density at radius 2 is 2.14 bits per heavy atom. The number of ether oxygens (including phenoxy) is 3. The van der Waals surface area contributed by atoms with Crippen LogP contribution >= 0.6 is 0 Å². The van der Waals surface area contributed by atoms with Gasteiger partial charge < -0.3 is 19.1 Å². The van der Waals surface area contributed by atoms with Crippen LogP contribution in [0.15, 0.2) is 11.3 Å². The van der Waals surface area contributed by atoms with E-state index in [1.54, 1.807) is 4.90 Å². The van der Waals surface area contributed by atoms with Crippen molar-refractivity contribution in [3.8, 4) is 0 Å². The van der Waals surface area contributed by atoms with Crippen LogP contribution < -0.4 is 0 Å². The summed E-state index contributed by atoms with van der Waals surface area (Å²) in [6.07, 6.45) is 1.46. The molecule has 22 heavy (non-hydrogen) atoms. The minimum absolute atomic E-state index is 0.0421. The molecule has 0 unspecified atom stereocenters. The van der Waals surface area contributed by atoms with E-state index in [4.69, 9.17) is 14.2 Å². The summed E-state index contributed by atoms with van der Waals surface area (Å²) >= 11 is 0. The van der Waals surface area contributed by atoms with Crippen molar-refractivity contribution in [3.63, 3.8) is 0 Å². The number of rotatable bonds is 3. The van der Waals surface area contributed by atoms with Crippen LogP contribution in [0.2, 0.25) is 0 Å². The van der Waals surface area contributed by atoms with Gasteiger partial charge in [0.1, 0.15) is 12.2 Å². The van der Waals surface area contributed by atoms with Gasteiger partial charge in [-0.15, -0.1) is 0 Å². The van der Waals surface area contributed by atoms with E-state index < -0.39 is 5.79 Å². The summed E-state index contributed by atoms with van der Waals surface area (Å²) in [6.45, 7) is 6.19. The van der Waals surface area contributed by atoms with Crippen molar-refractivity contribution in [1.29, 1.82) is 0 Å². The summed E-state index contributed by atoms with van der Waals surface area (Å²) in [4.78, 5) is 26.4. The molecule has 0 bridgehead atoms. The van der Waals surface area contributed by atoms with Gasteiger partial charge in [-0.1, -0.05) is 13.3 Å². The highest BCUT2D eigenvalue weighted by Crippen LogP contribution is 2.45. The Morgan fingerprint density at radius 1 is 1.41 bits per heavy atom. The zero-order valence-electron chi connectivity index (χ0n) is 13.5. The summed E-state index contributed by atoms with van der Waals surface area (Å²) in [5.41, 5.74) is 1.26. The molecule has 3 rings (SSSR count). The number of carbonyl (C=O) groups is 2. The fraction of sp³-hybridized carbons (Fsp3) is 0.750. The number of amides is 1. The second-order valence-corrected chi connectivity index (χ2v) is 6.58. The average molecular weight is 309 g/mol. The van der Waals surface area contributed by atoms with Crippen molar-refractivity contribution >= 4 is 11.9 Å². The Labute approximate surface area is 130 Å². The summed E-state index contributed by atoms with van der Waals surface area (Å²) in [5, 5.41) is 0. The van der Waals surface area contributed by atoms with E-state index in [0.29, 0.717) is 24.2 Å². The van der Waals surface area contributed by atoms with Crippen LogP contribution in [0.3, 0.4) is 0 Å². The molecule has 0 aliphatic carbocycles. The lowest BCUT2D eigenvalue weighted by molar-refractivity contribution is -0.157. The first-order valence-corrected chi connectivity index (χ1v) is 7.86. The quantitative estimate of drug-likeness (QED) is 0.741. The third kappa shape index (κ3) is 2.34. The highest BCUT2D eigenvalue weighted by atomic mass is 16.8. The number of hydrogen-bond donors (Lipinski definition) is 0. The van der Waals surface area contributed by atoms with Crippen LogP contribution in [0.4, 0.5) is 0 Å². The summed E-state index contributed by atoms with van der Waals surface area (Å²) in [6, 6.07) is 0. The highest BCUT2D eigenvalue weighted by Gasteiger charge is 2.55. The van der Waals surface area contributed by atoms with Gasteiger partial charge in [-0.05, 0) is 20.3 Å². The Kier molecular flexibility index (Phi) is 3.77. The number of carbonyl (C=O) groups excluding carboxylic acids is 2. The van der Waals surface area contributed by atoms with Crippen LogP contribution in [0.5, 0.6) is 0 Å². The van der Waals surface area contributed by atoms with Crippen LogP contribution in [0.25, 0.3) is 0 Å². The van der Waals surface area contributed by atoms with E-state index in [1.807, 2.05) is 20.8 Å². The molecule has 0 aromatic heterocycles. The lowest BCUT2D eigenvalue weighted by Gasteiger charge is -2.33. The summed E-state index contributed by atoms with van der Waals surface area (Å²) in [5.74, 6) is -1.11. The predicted molar refractivity (Wildman–Crippen MR) is 77.6 cm³/mol. The molecule has 1 amide bonds. The van der Waals surface area contributed by atoms with Crippen molar-refractivity contribution in [2.45, 2.75) is 58.0 Å². The second-order valence-electron chi connectivity index (χ2n) is 6.58. The molecule has 0 aromatic carbocycles. The molecule has 0 spiro atoms. The van der Waals surface area contributed by atoms with E-state index in [1.165, 1.54) is 7.11 Å². The van der Waals surface area contributed by atoms with Gasteiger partial charge in [-0.3, -0.25) is 4.79 Å². The number of methoxy groups -OCH3 is 1. The SMILES string of the molecule is CCC[C@H]1CC(=O)N2C[C@H]3OC(C)(C)O[C@H]3C2=C1C(=O)OC. The van der Waals surface area contributed by atoms with Gasteiger partial charge in [0.25, 0.3) is 0 Å². The molecular weight excluding hydrogens is 286 g/mol. The van der Waals surface area contributed by atoms with E-state index >= 15 is 0 Å². The third-order valence-corrected chi connectivity index (χ3v) is 4.56. The average Bonchev–Trinajstić information content (AvgIpc) is 2.92. The Hall–Kier alpha value is -1.40. The zero-order chi connectivity index (χ0) is 16.1. The molecule has 3 heterocycles. The first-order valence-electron chi connectivity index (χ1n) is 7.86. The Balaban J connectivity index is 2.06. The van der Waals surface area contributed by atoms with E-state index in [-0.39, 0.29) is 30.0 Å². The van der Waals surface area contributed by atoms with Gasteiger partial charge in [0, 0.05) is 12.3 Å². The van der Waals surface area contributed by atoms with Crippen molar-refractivity contribution in [2.75, 3.05) is 13.7 Å². The fourth-order valence-electron chi connectivity index (χ4n) is 3.78. The largest absolute Gasteiger partial charge is 0.466 e. The van der Waals surface area contributed by atoms with E-state index in [0.717, 1.165) is 12.8 Å². The molecule has 3 aliphatic rings. The maximum absolute atomic E-state index is 12.4. The van der Waals surface area contributed by atoms with Gasteiger partial charge in [0.15, 0.2) is 5.79 Å². The Bertz CT molecular complexity index is 539. The maximum atomic E-state index is 12.4. The normalized spacial score (nSPS) is 33.0. The molecule has 2 saturated heterocycles. The summed E-state index contributed by atoms with van der Waals surface area (Å²) in [7, 11) is 1.38. The van der Waals surface area contributed by atoms with Crippen molar-refractivity contribution in [3.05, 3.63) is 11.3 Å². The van der Waals surface area contributed by atoms with Gasteiger partial charge >= 0.3 is 5.97 Å². The number of nitrogens with zero attached hydrogens (tertiary/aromatic N) is 1. The summed E-state index contributed by atoms with van der Waals surface area (Å²) < 4.78 is 16.8. The maximum Gasteiger partial charge on any atom is 0.335 e. The molecule has 122 valence electrons. The number of esters is 1. The third-order valence-electron chi connectivity index (χ3n) is 4.56. The molecule has 2 fully saturated rings. The standard InChI is InChI=1S/C16H23NO5/c1-5-6-9-7-11(18)17-8-10-14(22-16(2,3)21-10)13(17)12(9)15(19)20-4/h9-10,14H,5-8H2,1-4H3/t9-,10+,14+/m0/s1. The molecule has 6 nitrogen and oxygen atoms in total. The van der Waals surface area contributed by atoms with Crippen LogP contribution in [-0.4, -0.2) is 48.4 Å². The molecule has 3 aliphatic heterocycles. The van der Waals surface area contributed by atoms with Gasteiger partial charge in [0.2, 0.25) is 5.91 Å². The fourth-order valence-corrected chi connectivity index (χ4v) is 3.78. The predicted octanol–water partition coefficient (Wildman–Crippen LogP) is 1.60. The van der Waals surface area contributed by atoms with Crippen LogP contribution in [0.1, 0.15) is 40.0 Å². The Morgan fingerprint density at radius 3 is 2.77 bits per heavy atom. The minimum Gasteiger partial charge on any atom is -0.466 e. The minimum atomic E-state index is -0.698. The first kappa shape index (κ1) is 15.5. The smallest absolute Gasteiger partial charge is 0.335 e. The highest BCUT2D eigenvalue weighted by molar-refractivity contribution is 5.95. The molecule has 0 aromatic rings. The van der Waals surface area contributed by atoms with E-state index in [9.17, 15) is 9.59 Å². The second kappa shape index (κ2) is 5.35. The molecular formula is C16H23NO5. The molecule has 3 atom stereocenters. The van der Waals surface area contributed by atoms with Crippen molar-refractivity contribution < 1.29 is 23.8 Å². The molecule has 0 saturated carbocycles. The monoisotopic (exact) mass is 309 g/mol. The lowest BCUT2D eigenvalue weighted by atomic mass is 9.85. The van der Waals surface area contributed by atoms with Crippen LogP contribution in [-0.2, 0) is 23.8 Å². The van der Waals surface area contributed by atoms with Gasteiger partial charge in [-0.2, -0.15) is 0 Å². The van der Waals surface area contributed by atoms with Gasteiger partial charge in [-0.25, -0.2) is 4.79 Å². The van der Waals surface area contributed by atoms with E-state index in [2.05, 4.69) is 0 Å². The number of fused-ring (bicyclic) bond motifs is 3. The van der Waals surface area contributed by atoms with Crippen molar-refractivity contribution in [2.24, 2.45) is 5.92 Å². The number of hydrogen-bond acceptors (Lipinski definition) is 5. The van der Waals surface area contributed by atoms with Gasteiger partial charge in [0.05, 0.1) is 24.9 Å². The first-order chi connectivity index (χ1) is 10.4. The zero-order valence-corrected chi connectivity index (χ0v) is 13.5. The molecule has 0 radical (unpaired) electrons. The molecule has 0 N–H and O–H groups in total. The lowest BCUT2D eigenvalue weighted by Crippen LogP contribution is -2.40. The van der Waals surface area contributed by atoms with Crippen LogP contribution in [0, 0.1) is 5.92 Å². The topological polar surface area (TPSA) is 65.1 Å². The molecule has 6 heteroatoms. The van der Waals surface area contributed by atoms with Crippen molar-refractivity contribution in [1.82, 2.24) is 4.90 Å².